The number of rotatable bonds is 5. The molecule has 0 spiro atoms. The summed E-state index contributed by atoms with van der Waals surface area (Å²) in [5.74, 6) is 0.935. The molecule has 2 fully saturated rings. The number of carbonyl (C=O) groups is 1. The third-order valence-corrected chi connectivity index (χ3v) is 5.74. The van der Waals surface area contributed by atoms with Gasteiger partial charge >= 0.3 is 6.03 Å². The van der Waals surface area contributed by atoms with E-state index in [2.05, 4.69) is 20.1 Å². The number of aromatic nitrogens is 1. The van der Waals surface area contributed by atoms with Crippen LogP contribution >= 0.6 is 0 Å². The second-order valence-electron chi connectivity index (χ2n) is 7.49. The van der Waals surface area contributed by atoms with Crippen LogP contribution in [0, 0.1) is 0 Å². The van der Waals surface area contributed by atoms with E-state index in [9.17, 15) is 4.79 Å². The van der Waals surface area contributed by atoms with Gasteiger partial charge in [-0.05, 0) is 50.2 Å². The van der Waals surface area contributed by atoms with E-state index in [1.807, 2.05) is 41.6 Å². The molecule has 2 saturated heterocycles. The summed E-state index contributed by atoms with van der Waals surface area (Å²) in [7, 11) is 0. The molecule has 0 bridgehead atoms. The highest BCUT2D eigenvalue weighted by atomic mass is 16.3. The van der Waals surface area contributed by atoms with Crippen LogP contribution in [-0.4, -0.2) is 66.6 Å². The van der Waals surface area contributed by atoms with Crippen LogP contribution in [0.25, 0.3) is 0 Å². The summed E-state index contributed by atoms with van der Waals surface area (Å²) in [4.78, 5) is 23.4. The number of hydrogen-bond donors (Lipinski definition) is 1. The zero-order valence-electron chi connectivity index (χ0n) is 16.3. The van der Waals surface area contributed by atoms with Gasteiger partial charge in [0.25, 0.3) is 0 Å². The summed E-state index contributed by atoms with van der Waals surface area (Å²) < 4.78 is 5.67. The molecule has 0 radical (unpaired) electrons. The Bertz CT molecular complexity index is 723. The highest BCUT2D eigenvalue weighted by Crippen LogP contribution is 2.24. The molecule has 4 rings (SSSR count). The number of piperidine rings is 1. The number of furan rings is 1. The lowest BCUT2D eigenvalue weighted by Gasteiger charge is -2.37. The maximum atomic E-state index is 12.7. The summed E-state index contributed by atoms with van der Waals surface area (Å²) in [5, 5.41) is 3.15. The zero-order chi connectivity index (χ0) is 19.2. The normalized spacial score (nSPS) is 19.4. The number of carbonyl (C=O) groups excluding carboxylic acids is 1. The highest BCUT2D eigenvalue weighted by Gasteiger charge is 2.27. The first-order valence-corrected chi connectivity index (χ1v) is 10.3. The Labute approximate surface area is 166 Å². The van der Waals surface area contributed by atoms with E-state index in [1.165, 1.54) is 19.3 Å². The van der Waals surface area contributed by atoms with E-state index >= 15 is 0 Å². The van der Waals surface area contributed by atoms with Crippen LogP contribution in [0.1, 0.15) is 31.1 Å². The van der Waals surface area contributed by atoms with Crippen LogP contribution in [0.3, 0.4) is 0 Å². The number of piperazine rings is 1. The predicted octanol–water partition coefficient (Wildman–Crippen LogP) is 2.73. The van der Waals surface area contributed by atoms with Crippen molar-refractivity contribution in [3.05, 3.63) is 48.7 Å². The minimum atomic E-state index is 0.0166. The van der Waals surface area contributed by atoms with Gasteiger partial charge in [-0.2, -0.15) is 0 Å². The first-order chi connectivity index (χ1) is 13.8. The van der Waals surface area contributed by atoms with Crippen molar-refractivity contribution < 1.29 is 9.21 Å². The lowest BCUT2D eigenvalue weighted by molar-refractivity contribution is 0.139. The number of amides is 2. The van der Waals surface area contributed by atoms with E-state index in [1.54, 1.807) is 6.26 Å². The van der Waals surface area contributed by atoms with E-state index in [-0.39, 0.29) is 12.1 Å². The molecule has 2 aliphatic rings. The van der Waals surface area contributed by atoms with Crippen LogP contribution in [0.5, 0.6) is 0 Å². The largest absolute Gasteiger partial charge is 0.468 e. The summed E-state index contributed by atoms with van der Waals surface area (Å²) in [5.41, 5.74) is 1.16. The fourth-order valence-electron chi connectivity index (χ4n) is 4.14. The van der Waals surface area contributed by atoms with E-state index in [4.69, 9.17) is 4.42 Å². The molecule has 7 nitrogen and oxygen atoms in total. The number of pyridine rings is 1. The molecular weight excluding hydrogens is 354 g/mol. The maximum Gasteiger partial charge on any atom is 0.317 e. The molecule has 2 amide bonds. The average Bonchev–Trinajstić information content (AvgIpc) is 3.30. The molecule has 4 heterocycles. The standard InChI is InChI=1S/C21H29N5O2/c27-21(26-14-12-24(13-15-26)18-6-8-22-9-7-18)23-17-19(20-5-4-16-28-20)25-10-2-1-3-11-25/h4-9,16,19H,1-3,10-15,17H2,(H,23,27). The van der Waals surface area contributed by atoms with Crippen LogP contribution in [0.4, 0.5) is 10.5 Å². The molecular formula is C21H29N5O2. The molecule has 0 aliphatic carbocycles. The number of nitrogens with one attached hydrogen (secondary N) is 1. The molecule has 28 heavy (non-hydrogen) atoms. The van der Waals surface area contributed by atoms with Crippen LogP contribution < -0.4 is 10.2 Å². The topological polar surface area (TPSA) is 64.9 Å². The molecule has 1 unspecified atom stereocenters. The van der Waals surface area contributed by atoms with Crippen molar-refractivity contribution in [1.29, 1.82) is 0 Å². The molecule has 7 heteroatoms. The second-order valence-corrected chi connectivity index (χ2v) is 7.49. The summed E-state index contributed by atoms with van der Waals surface area (Å²) in [6, 6.07) is 8.09. The van der Waals surface area contributed by atoms with Crippen molar-refractivity contribution in [3.8, 4) is 0 Å². The SMILES string of the molecule is O=C(NCC(c1ccco1)N1CCCCC1)N1CCN(c2ccncc2)CC1. The minimum absolute atomic E-state index is 0.0166. The summed E-state index contributed by atoms with van der Waals surface area (Å²) in [6.07, 6.45) is 9.04. The van der Waals surface area contributed by atoms with E-state index in [0.29, 0.717) is 6.54 Å². The van der Waals surface area contributed by atoms with Crippen molar-refractivity contribution >= 4 is 11.7 Å². The molecule has 2 aliphatic heterocycles. The predicted molar refractivity (Wildman–Crippen MR) is 108 cm³/mol. The lowest BCUT2D eigenvalue weighted by atomic mass is 10.1. The number of nitrogens with zero attached hydrogens (tertiary/aromatic N) is 4. The van der Waals surface area contributed by atoms with Crippen molar-refractivity contribution in [3.63, 3.8) is 0 Å². The number of urea groups is 1. The Morgan fingerprint density at radius 1 is 1.04 bits per heavy atom. The monoisotopic (exact) mass is 383 g/mol. The Morgan fingerprint density at radius 2 is 1.79 bits per heavy atom. The van der Waals surface area contributed by atoms with Crippen molar-refractivity contribution in [2.24, 2.45) is 0 Å². The number of likely N-dealkylation sites (tertiary alicyclic amines) is 1. The van der Waals surface area contributed by atoms with Crippen molar-refractivity contribution in [2.45, 2.75) is 25.3 Å². The quantitative estimate of drug-likeness (QED) is 0.860. The van der Waals surface area contributed by atoms with E-state index < -0.39 is 0 Å². The third-order valence-electron chi connectivity index (χ3n) is 5.74. The molecule has 1 atom stereocenters. The summed E-state index contributed by atoms with van der Waals surface area (Å²) in [6.45, 7) is 5.83. The molecule has 2 aromatic rings. The van der Waals surface area contributed by atoms with Crippen LogP contribution in [-0.2, 0) is 0 Å². The number of anilines is 1. The van der Waals surface area contributed by atoms with Gasteiger partial charge in [0.2, 0.25) is 0 Å². The Kier molecular flexibility index (Phi) is 6.11. The van der Waals surface area contributed by atoms with Gasteiger partial charge in [0, 0.05) is 50.8 Å². The highest BCUT2D eigenvalue weighted by molar-refractivity contribution is 5.74. The zero-order valence-corrected chi connectivity index (χ0v) is 16.3. The Hall–Kier alpha value is -2.54. The molecule has 0 saturated carbocycles. The Morgan fingerprint density at radius 3 is 2.46 bits per heavy atom. The minimum Gasteiger partial charge on any atom is -0.468 e. The molecule has 2 aromatic heterocycles. The first kappa shape index (κ1) is 18.8. The van der Waals surface area contributed by atoms with Gasteiger partial charge in [0.1, 0.15) is 5.76 Å². The van der Waals surface area contributed by atoms with Gasteiger partial charge in [-0.1, -0.05) is 6.42 Å². The Balaban J connectivity index is 1.30. The maximum absolute atomic E-state index is 12.7. The van der Waals surface area contributed by atoms with Gasteiger partial charge in [-0.15, -0.1) is 0 Å². The van der Waals surface area contributed by atoms with Gasteiger partial charge in [-0.25, -0.2) is 4.79 Å². The average molecular weight is 383 g/mol. The van der Waals surface area contributed by atoms with Crippen molar-refractivity contribution in [2.75, 3.05) is 50.7 Å². The summed E-state index contributed by atoms with van der Waals surface area (Å²) >= 11 is 0. The number of hydrogen-bond acceptors (Lipinski definition) is 5. The van der Waals surface area contributed by atoms with Gasteiger partial charge in [0.15, 0.2) is 0 Å². The molecule has 1 N–H and O–H groups in total. The smallest absolute Gasteiger partial charge is 0.317 e. The van der Waals surface area contributed by atoms with Gasteiger partial charge in [-0.3, -0.25) is 9.88 Å². The third kappa shape index (κ3) is 4.47. The molecule has 150 valence electrons. The van der Waals surface area contributed by atoms with Gasteiger partial charge in [0.05, 0.1) is 12.3 Å². The fraction of sp³-hybridized carbons (Fsp3) is 0.524. The van der Waals surface area contributed by atoms with Gasteiger partial charge < -0.3 is 19.5 Å². The van der Waals surface area contributed by atoms with Crippen LogP contribution in [0.15, 0.2) is 47.3 Å². The van der Waals surface area contributed by atoms with Crippen molar-refractivity contribution in [1.82, 2.24) is 20.1 Å². The lowest BCUT2D eigenvalue weighted by Crippen LogP contribution is -2.53. The fourth-order valence-corrected chi connectivity index (χ4v) is 4.14. The molecule has 0 aromatic carbocycles. The first-order valence-electron chi connectivity index (χ1n) is 10.3. The van der Waals surface area contributed by atoms with Crippen LogP contribution in [0.2, 0.25) is 0 Å². The second kappa shape index (κ2) is 9.10. The van der Waals surface area contributed by atoms with E-state index in [0.717, 1.165) is 50.7 Å².